The van der Waals surface area contributed by atoms with Crippen LogP contribution in [0.5, 0.6) is 0 Å². The van der Waals surface area contributed by atoms with Gasteiger partial charge >= 0.3 is 0 Å². The van der Waals surface area contributed by atoms with Crippen LogP contribution in [0, 0.1) is 0 Å². The molecule has 0 aromatic heterocycles. The van der Waals surface area contributed by atoms with Gasteiger partial charge in [0, 0.05) is 30.7 Å². The first-order valence-electron chi connectivity index (χ1n) is 6.56. The number of carbonyl (C=O) groups is 1. The summed E-state index contributed by atoms with van der Waals surface area (Å²) in [6, 6.07) is 9.94. The van der Waals surface area contributed by atoms with Gasteiger partial charge in [-0.3, -0.25) is 10.1 Å². The molecule has 1 saturated heterocycles. The van der Waals surface area contributed by atoms with Crippen LogP contribution in [0.2, 0.25) is 0 Å². The first kappa shape index (κ1) is 17.3. The maximum Gasteiger partial charge on any atom is 0.238 e. The molecule has 1 heterocycles. The topological polar surface area (TPSA) is 61.4 Å². The molecule has 20 heavy (non-hydrogen) atoms. The molecule has 2 rings (SSSR count). The van der Waals surface area contributed by atoms with Crippen molar-refractivity contribution in [3.8, 4) is 0 Å². The molecule has 4 nitrogen and oxygen atoms in total. The number of halogens is 1. The van der Waals surface area contributed by atoms with Gasteiger partial charge in [0.2, 0.25) is 5.91 Å². The molecule has 1 amide bonds. The van der Waals surface area contributed by atoms with Crippen molar-refractivity contribution in [1.29, 1.82) is 0 Å². The van der Waals surface area contributed by atoms with Gasteiger partial charge in [0.05, 0.1) is 6.04 Å². The number of thioether (sulfide) groups is 1. The maximum absolute atomic E-state index is 11.9. The Morgan fingerprint density at radius 1 is 1.45 bits per heavy atom. The van der Waals surface area contributed by atoms with Crippen LogP contribution in [0.15, 0.2) is 30.3 Å². The molecule has 0 spiro atoms. The number of rotatable bonds is 6. The molecule has 2 unspecified atom stereocenters. The summed E-state index contributed by atoms with van der Waals surface area (Å²) >= 11 is 1.74. The summed E-state index contributed by atoms with van der Waals surface area (Å²) in [4.78, 5) is 11.9. The van der Waals surface area contributed by atoms with Gasteiger partial charge in [0.1, 0.15) is 0 Å². The second-order valence-corrected chi connectivity index (χ2v) is 5.67. The third-order valence-corrected chi connectivity index (χ3v) is 4.24. The Morgan fingerprint density at radius 3 is 2.80 bits per heavy atom. The van der Waals surface area contributed by atoms with E-state index in [1.807, 2.05) is 30.3 Å². The maximum atomic E-state index is 11.9. The van der Waals surface area contributed by atoms with Crippen molar-refractivity contribution >= 4 is 30.1 Å². The van der Waals surface area contributed by atoms with Gasteiger partial charge in [-0.2, -0.15) is 0 Å². The van der Waals surface area contributed by atoms with E-state index in [4.69, 9.17) is 5.11 Å². The number of benzene rings is 1. The molecule has 3 N–H and O–H groups in total. The second kappa shape index (κ2) is 9.23. The SMILES string of the molecule is Cl.O=C(NCC(CCO)c1ccccc1)C1CSCN1. The normalized spacial score (nSPS) is 19.1. The van der Waals surface area contributed by atoms with E-state index in [1.165, 1.54) is 0 Å². The predicted octanol–water partition coefficient (Wildman–Crippen LogP) is 1.35. The molecule has 1 aromatic rings. The summed E-state index contributed by atoms with van der Waals surface area (Å²) in [6.07, 6.45) is 0.664. The van der Waals surface area contributed by atoms with Crippen molar-refractivity contribution < 1.29 is 9.90 Å². The highest BCUT2D eigenvalue weighted by Crippen LogP contribution is 2.18. The highest BCUT2D eigenvalue weighted by Gasteiger charge is 2.23. The molecule has 0 aliphatic carbocycles. The summed E-state index contributed by atoms with van der Waals surface area (Å²) in [6.45, 7) is 0.708. The van der Waals surface area contributed by atoms with Gasteiger partial charge < -0.3 is 10.4 Å². The van der Waals surface area contributed by atoms with Crippen LogP contribution in [0.4, 0.5) is 0 Å². The molecular weight excluding hydrogens is 296 g/mol. The third kappa shape index (κ3) is 4.98. The molecule has 112 valence electrons. The zero-order valence-electron chi connectivity index (χ0n) is 11.2. The lowest BCUT2D eigenvalue weighted by Crippen LogP contribution is -2.43. The largest absolute Gasteiger partial charge is 0.396 e. The minimum atomic E-state index is -0.0736. The molecule has 0 saturated carbocycles. The Balaban J connectivity index is 0.00000200. The van der Waals surface area contributed by atoms with Crippen LogP contribution in [0.25, 0.3) is 0 Å². The molecule has 0 bridgehead atoms. The number of hydrogen-bond donors (Lipinski definition) is 3. The van der Waals surface area contributed by atoms with Crippen LogP contribution >= 0.6 is 24.2 Å². The number of aliphatic hydroxyl groups excluding tert-OH is 1. The first-order chi connectivity index (χ1) is 9.31. The fourth-order valence-electron chi connectivity index (χ4n) is 2.18. The number of amides is 1. The van der Waals surface area contributed by atoms with Crippen molar-refractivity contribution in [2.75, 3.05) is 24.8 Å². The Kier molecular flexibility index (Phi) is 7.99. The highest BCUT2D eigenvalue weighted by atomic mass is 35.5. The van der Waals surface area contributed by atoms with E-state index in [1.54, 1.807) is 11.8 Å². The summed E-state index contributed by atoms with van der Waals surface area (Å²) < 4.78 is 0. The van der Waals surface area contributed by atoms with E-state index in [9.17, 15) is 4.79 Å². The van der Waals surface area contributed by atoms with Gasteiger partial charge in [0.15, 0.2) is 0 Å². The van der Waals surface area contributed by atoms with Crippen LogP contribution in [-0.4, -0.2) is 41.8 Å². The Morgan fingerprint density at radius 2 is 2.20 bits per heavy atom. The predicted molar refractivity (Wildman–Crippen MR) is 85.4 cm³/mol. The van der Waals surface area contributed by atoms with E-state index in [0.29, 0.717) is 13.0 Å². The Labute approximate surface area is 130 Å². The van der Waals surface area contributed by atoms with Gasteiger partial charge in [0.25, 0.3) is 0 Å². The van der Waals surface area contributed by atoms with Crippen molar-refractivity contribution in [1.82, 2.24) is 10.6 Å². The zero-order valence-corrected chi connectivity index (χ0v) is 12.9. The van der Waals surface area contributed by atoms with Crippen LogP contribution in [-0.2, 0) is 4.79 Å². The van der Waals surface area contributed by atoms with Crippen molar-refractivity contribution in [2.45, 2.75) is 18.4 Å². The van der Waals surface area contributed by atoms with E-state index >= 15 is 0 Å². The van der Waals surface area contributed by atoms with Crippen molar-refractivity contribution in [3.63, 3.8) is 0 Å². The second-order valence-electron chi connectivity index (χ2n) is 4.64. The molecule has 1 aromatic carbocycles. The van der Waals surface area contributed by atoms with Gasteiger partial charge in [-0.15, -0.1) is 24.2 Å². The lowest BCUT2D eigenvalue weighted by atomic mass is 9.96. The fourth-order valence-corrected chi connectivity index (χ4v) is 3.12. The number of aliphatic hydroxyl groups is 1. The van der Waals surface area contributed by atoms with Crippen LogP contribution < -0.4 is 10.6 Å². The minimum absolute atomic E-state index is 0. The molecular formula is C14H21ClN2O2S. The van der Waals surface area contributed by atoms with Crippen LogP contribution in [0.3, 0.4) is 0 Å². The smallest absolute Gasteiger partial charge is 0.238 e. The first-order valence-corrected chi connectivity index (χ1v) is 7.71. The zero-order chi connectivity index (χ0) is 13.5. The number of carbonyl (C=O) groups excluding carboxylic acids is 1. The Bertz CT molecular complexity index is 399. The number of hydrogen-bond acceptors (Lipinski definition) is 4. The monoisotopic (exact) mass is 316 g/mol. The molecule has 1 aliphatic rings. The molecule has 1 fully saturated rings. The lowest BCUT2D eigenvalue weighted by molar-refractivity contribution is -0.122. The van der Waals surface area contributed by atoms with Gasteiger partial charge in [-0.1, -0.05) is 30.3 Å². The van der Waals surface area contributed by atoms with Crippen molar-refractivity contribution in [3.05, 3.63) is 35.9 Å². The average Bonchev–Trinajstić information content (AvgIpc) is 2.98. The summed E-state index contributed by atoms with van der Waals surface area (Å²) in [5.41, 5.74) is 1.16. The molecule has 2 atom stereocenters. The van der Waals surface area contributed by atoms with Gasteiger partial charge in [-0.25, -0.2) is 0 Å². The number of nitrogens with one attached hydrogen (secondary N) is 2. The molecule has 6 heteroatoms. The molecule has 0 radical (unpaired) electrons. The van der Waals surface area contributed by atoms with E-state index < -0.39 is 0 Å². The van der Waals surface area contributed by atoms with Crippen molar-refractivity contribution in [2.24, 2.45) is 0 Å². The fraction of sp³-hybridized carbons (Fsp3) is 0.500. The lowest BCUT2D eigenvalue weighted by Gasteiger charge is -2.18. The van der Waals surface area contributed by atoms with E-state index in [0.717, 1.165) is 17.2 Å². The highest BCUT2D eigenvalue weighted by molar-refractivity contribution is 7.99. The summed E-state index contributed by atoms with van der Waals surface area (Å²) in [5, 5.41) is 15.3. The Hall–Kier alpha value is -0.750. The van der Waals surface area contributed by atoms with Gasteiger partial charge in [-0.05, 0) is 12.0 Å². The quantitative estimate of drug-likeness (QED) is 0.741. The molecule has 1 aliphatic heterocycles. The van der Waals surface area contributed by atoms with Crippen LogP contribution in [0.1, 0.15) is 17.9 Å². The summed E-state index contributed by atoms with van der Waals surface area (Å²) in [7, 11) is 0. The standard InChI is InChI=1S/C14H20N2O2S.ClH/c17-7-6-12(11-4-2-1-3-5-11)8-15-14(18)13-9-19-10-16-13;/h1-5,12-13,16-17H,6-10H2,(H,15,18);1H. The van der Waals surface area contributed by atoms with E-state index in [2.05, 4.69) is 10.6 Å². The average molecular weight is 317 g/mol. The minimum Gasteiger partial charge on any atom is -0.396 e. The summed E-state index contributed by atoms with van der Waals surface area (Å²) in [5.74, 6) is 1.91. The van der Waals surface area contributed by atoms with E-state index in [-0.39, 0.29) is 36.9 Å². The third-order valence-electron chi connectivity index (χ3n) is 3.30.